The highest BCUT2D eigenvalue weighted by Gasteiger charge is 2.32. The average Bonchev–Trinajstić information content (AvgIpc) is 3.15. The van der Waals surface area contributed by atoms with Crippen LogP contribution >= 0.6 is 11.8 Å². The Hall–Kier alpha value is -2.15. The molecule has 1 aromatic carbocycles. The molecule has 1 unspecified atom stereocenters. The zero-order chi connectivity index (χ0) is 18.1. The zero-order valence-corrected chi connectivity index (χ0v) is 14.9. The van der Waals surface area contributed by atoms with E-state index in [1.807, 2.05) is 13.0 Å². The SMILES string of the molecule is COc1c(C)c2c(c(O)c1CC=C1CCC(SC(=O)O)C1)C(=O)OC2. The number of ether oxygens (including phenoxy) is 2. The average molecular weight is 364 g/mol. The van der Waals surface area contributed by atoms with Crippen LogP contribution in [0.5, 0.6) is 11.5 Å². The first kappa shape index (κ1) is 17.7. The van der Waals surface area contributed by atoms with Crippen LogP contribution in [0, 0.1) is 6.92 Å². The van der Waals surface area contributed by atoms with Crippen LogP contribution < -0.4 is 4.74 Å². The molecule has 0 radical (unpaired) electrons. The number of phenolic OH excluding ortho intramolecular Hbond substituents is 1. The molecule has 1 aliphatic carbocycles. The molecule has 1 aliphatic heterocycles. The third-order valence-electron chi connectivity index (χ3n) is 4.79. The maximum atomic E-state index is 11.9. The second-order valence-electron chi connectivity index (χ2n) is 6.23. The second kappa shape index (κ2) is 7.00. The van der Waals surface area contributed by atoms with E-state index in [2.05, 4.69) is 0 Å². The first-order chi connectivity index (χ1) is 11.9. The number of carboxylic acid groups (broad SMARTS) is 1. The molecule has 7 heteroatoms. The van der Waals surface area contributed by atoms with E-state index in [4.69, 9.17) is 14.6 Å². The standard InChI is InChI=1S/C18H20O6S/c1-9-13-8-24-17(20)14(13)15(19)12(16(9)23-2)6-4-10-3-5-11(7-10)25-18(21)22/h4,11,19H,3,5-8H2,1-2H3,(H,21,22). The predicted octanol–water partition coefficient (Wildman–Crippen LogP) is 3.81. The number of allylic oxidation sites excluding steroid dienone is 2. The first-order valence-corrected chi connectivity index (χ1v) is 8.96. The van der Waals surface area contributed by atoms with Crippen molar-refractivity contribution in [2.45, 2.75) is 44.5 Å². The van der Waals surface area contributed by atoms with E-state index in [-0.39, 0.29) is 23.2 Å². The molecule has 2 N–H and O–H groups in total. The molecule has 1 aromatic rings. The summed E-state index contributed by atoms with van der Waals surface area (Å²) in [4.78, 5) is 22.7. The van der Waals surface area contributed by atoms with Crippen LogP contribution in [0.25, 0.3) is 0 Å². The van der Waals surface area contributed by atoms with Crippen LogP contribution in [0.3, 0.4) is 0 Å². The van der Waals surface area contributed by atoms with Gasteiger partial charge in [0.2, 0.25) is 0 Å². The van der Waals surface area contributed by atoms with E-state index >= 15 is 0 Å². The second-order valence-corrected chi connectivity index (χ2v) is 7.48. The van der Waals surface area contributed by atoms with Crippen LogP contribution in [-0.4, -0.2) is 33.8 Å². The summed E-state index contributed by atoms with van der Waals surface area (Å²) in [5.41, 5.74) is 3.45. The molecule has 2 aliphatic rings. The van der Waals surface area contributed by atoms with Crippen molar-refractivity contribution < 1.29 is 29.3 Å². The highest BCUT2D eigenvalue weighted by molar-refractivity contribution is 8.13. The molecule has 1 fully saturated rings. The van der Waals surface area contributed by atoms with E-state index in [0.29, 0.717) is 23.3 Å². The Morgan fingerprint density at radius 3 is 2.92 bits per heavy atom. The number of cyclic esters (lactones) is 1. The Morgan fingerprint density at radius 2 is 2.24 bits per heavy atom. The smallest absolute Gasteiger partial charge is 0.365 e. The molecule has 0 aromatic heterocycles. The van der Waals surface area contributed by atoms with Crippen molar-refractivity contribution in [1.82, 2.24) is 0 Å². The molecule has 0 saturated heterocycles. The Morgan fingerprint density at radius 1 is 1.48 bits per heavy atom. The highest BCUT2D eigenvalue weighted by Crippen LogP contribution is 2.42. The van der Waals surface area contributed by atoms with Crippen molar-refractivity contribution >= 4 is 23.0 Å². The lowest BCUT2D eigenvalue weighted by molar-refractivity contribution is 0.0533. The summed E-state index contributed by atoms with van der Waals surface area (Å²) in [5.74, 6) is -0.0157. The molecule has 25 heavy (non-hydrogen) atoms. The van der Waals surface area contributed by atoms with Gasteiger partial charge in [-0.15, -0.1) is 0 Å². The van der Waals surface area contributed by atoms with Crippen LogP contribution in [0.1, 0.15) is 46.3 Å². The van der Waals surface area contributed by atoms with Crippen molar-refractivity contribution in [3.8, 4) is 11.5 Å². The third-order valence-corrected chi connectivity index (χ3v) is 5.72. The monoisotopic (exact) mass is 364 g/mol. The largest absolute Gasteiger partial charge is 0.507 e. The van der Waals surface area contributed by atoms with Gasteiger partial charge in [0.15, 0.2) is 0 Å². The van der Waals surface area contributed by atoms with Crippen LogP contribution in [0.2, 0.25) is 0 Å². The van der Waals surface area contributed by atoms with E-state index in [9.17, 15) is 14.7 Å². The van der Waals surface area contributed by atoms with Gasteiger partial charge in [-0.1, -0.05) is 11.6 Å². The number of esters is 1. The fourth-order valence-corrected chi connectivity index (χ4v) is 4.36. The van der Waals surface area contributed by atoms with Gasteiger partial charge in [-0.2, -0.15) is 0 Å². The molecule has 0 bridgehead atoms. The lowest BCUT2D eigenvalue weighted by Crippen LogP contribution is -2.03. The summed E-state index contributed by atoms with van der Waals surface area (Å²) in [6.07, 6.45) is 4.84. The summed E-state index contributed by atoms with van der Waals surface area (Å²) in [6, 6.07) is 0. The molecule has 0 amide bonds. The number of hydrogen-bond acceptors (Lipinski definition) is 6. The topological polar surface area (TPSA) is 93.1 Å². The Kier molecular flexibility index (Phi) is 4.94. The predicted molar refractivity (Wildman–Crippen MR) is 93.6 cm³/mol. The molecule has 1 saturated carbocycles. The van der Waals surface area contributed by atoms with Gasteiger partial charge in [0.25, 0.3) is 0 Å². The van der Waals surface area contributed by atoms with Gasteiger partial charge in [0.05, 0.1) is 7.11 Å². The lowest BCUT2D eigenvalue weighted by Gasteiger charge is -2.15. The van der Waals surface area contributed by atoms with E-state index < -0.39 is 11.3 Å². The van der Waals surface area contributed by atoms with Crippen molar-refractivity contribution in [1.29, 1.82) is 0 Å². The number of benzene rings is 1. The number of thioether (sulfide) groups is 1. The third kappa shape index (κ3) is 3.33. The van der Waals surface area contributed by atoms with Gasteiger partial charge >= 0.3 is 11.3 Å². The van der Waals surface area contributed by atoms with Crippen molar-refractivity contribution in [2.75, 3.05) is 7.11 Å². The number of rotatable bonds is 4. The molecule has 1 heterocycles. The maximum Gasteiger partial charge on any atom is 0.365 e. The Bertz CT molecular complexity index is 768. The number of hydrogen-bond donors (Lipinski definition) is 2. The van der Waals surface area contributed by atoms with E-state index in [1.54, 1.807) is 0 Å². The van der Waals surface area contributed by atoms with Crippen molar-refractivity contribution in [3.63, 3.8) is 0 Å². The molecule has 1 atom stereocenters. The molecule has 0 spiro atoms. The molecular weight excluding hydrogens is 344 g/mol. The summed E-state index contributed by atoms with van der Waals surface area (Å²) in [5, 5.41) is 18.7. The quantitative estimate of drug-likeness (QED) is 0.620. The Balaban J connectivity index is 1.87. The van der Waals surface area contributed by atoms with Gasteiger partial charge < -0.3 is 19.7 Å². The van der Waals surface area contributed by atoms with E-state index in [1.165, 1.54) is 12.7 Å². The van der Waals surface area contributed by atoms with Gasteiger partial charge in [-0.25, -0.2) is 9.59 Å². The number of carbonyl (C=O) groups is 2. The summed E-state index contributed by atoms with van der Waals surface area (Å²) in [7, 11) is 1.54. The van der Waals surface area contributed by atoms with Gasteiger partial charge in [0.1, 0.15) is 23.7 Å². The lowest BCUT2D eigenvalue weighted by atomic mass is 9.95. The minimum Gasteiger partial charge on any atom is -0.507 e. The fraction of sp³-hybridized carbons (Fsp3) is 0.444. The highest BCUT2D eigenvalue weighted by atomic mass is 32.2. The maximum absolute atomic E-state index is 11.9. The summed E-state index contributed by atoms with van der Waals surface area (Å²) in [6.45, 7) is 2.00. The molecular formula is C18H20O6S. The minimum atomic E-state index is -0.849. The first-order valence-electron chi connectivity index (χ1n) is 8.08. The van der Waals surface area contributed by atoms with Crippen molar-refractivity contribution in [3.05, 3.63) is 33.9 Å². The summed E-state index contributed by atoms with van der Waals surface area (Å²) >= 11 is 0.958. The number of carbonyl (C=O) groups excluding carboxylic acids is 1. The van der Waals surface area contributed by atoms with E-state index in [0.717, 1.165) is 36.6 Å². The zero-order valence-electron chi connectivity index (χ0n) is 14.1. The number of phenols is 1. The fourth-order valence-electron chi connectivity index (χ4n) is 3.55. The van der Waals surface area contributed by atoms with Gasteiger partial charge in [0, 0.05) is 16.4 Å². The number of methoxy groups -OCH3 is 1. The van der Waals surface area contributed by atoms with Gasteiger partial charge in [-0.3, -0.25) is 0 Å². The van der Waals surface area contributed by atoms with Crippen molar-refractivity contribution in [2.24, 2.45) is 0 Å². The Labute approximate surface area is 149 Å². The molecule has 134 valence electrons. The van der Waals surface area contributed by atoms with Crippen LogP contribution in [0.15, 0.2) is 11.6 Å². The van der Waals surface area contributed by atoms with Crippen LogP contribution in [-0.2, 0) is 17.8 Å². The minimum absolute atomic E-state index is 0.0775. The molecule has 6 nitrogen and oxygen atoms in total. The normalized spacial score (nSPS) is 20.6. The summed E-state index contributed by atoms with van der Waals surface area (Å²) < 4.78 is 10.5. The number of fused-ring (bicyclic) bond motifs is 1. The molecule has 3 rings (SSSR count). The number of aromatic hydroxyl groups is 1. The van der Waals surface area contributed by atoms with Crippen LogP contribution in [0.4, 0.5) is 4.79 Å². The van der Waals surface area contributed by atoms with Gasteiger partial charge in [-0.05, 0) is 49.9 Å².